The molecule has 0 aliphatic carbocycles. The largest absolute Gasteiger partial charge is 0.310 e. The summed E-state index contributed by atoms with van der Waals surface area (Å²) in [4.78, 5) is 12.7. The first-order valence-corrected chi connectivity index (χ1v) is 7.30. The van der Waals surface area contributed by atoms with Crippen LogP contribution in [0.15, 0.2) is 24.3 Å². The maximum absolute atomic E-state index is 10.6. The molecule has 20 heavy (non-hydrogen) atoms. The van der Waals surface area contributed by atoms with Gasteiger partial charge in [0.25, 0.3) is 5.69 Å². The SMILES string of the molecule is CCN1CCC(CNC(C)c2ccc([N+](=O)[O-])cc2)C1. The summed E-state index contributed by atoms with van der Waals surface area (Å²) in [7, 11) is 0. The van der Waals surface area contributed by atoms with Crippen LogP contribution >= 0.6 is 0 Å². The summed E-state index contributed by atoms with van der Waals surface area (Å²) >= 11 is 0. The number of nitro groups is 1. The molecule has 2 unspecified atom stereocenters. The molecular formula is C15H23N3O2. The molecule has 0 spiro atoms. The molecule has 1 fully saturated rings. The number of hydrogen-bond acceptors (Lipinski definition) is 4. The van der Waals surface area contributed by atoms with Crippen molar-refractivity contribution in [2.75, 3.05) is 26.2 Å². The van der Waals surface area contributed by atoms with E-state index < -0.39 is 0 Å². The van der Waals surface area contributed by atoms with Crippen LogP contribution in [0.4, 0.5) is 5.69 Å². The third-order valence-electron chi connectivity index (χ3n) is 4.13. The van der Waals surface area contributed by atoms with Gasteiger partial charge in [-0.2, -0.15) is 0 Å². The summed E-state index contributed by atoms with van der Waals surface area (Å²) in [6, 6.07) is 7.04. The van der Waals surface area contributed by atoms with E-state index >= 15 is 0 Å². The Morgan fingerprint density at radius 2 is 2.15 bits per heavy atom. The van der Waals surface area contributed by atoms with Gasteiger partial charge in [0.1, 0.15) is 0 Å². The highest BCUT2D eigenvalue weighted by Gasteiger charge is 2.21. The number of hydrogen-bond donors (Lipinski definition) is 1. The van der Waals surface area contributed by atoms with Gasteiger partial charge in [0.05, 0.1) is 4.92 Å². The van der Waals surface area contributed by atoms with E-state index in [0.29, 0.717) is 0 Å². The van der Waals surface area contributed by atoms with E-state index in [0.717, 1.165) is 24.6 Å². The molecule has 0 bridgehead atoms. The van der Waals surface area contributed by atoms with Crippen LogP contribution in [-0.2, 0) is 0 Å². The van der Waals surface area contributed by atoms with Crippen molar-refractivity contribution < 1.29 is 4.92 Å². The molecule has 2 atom stereocenters. The quantitative estimate of drug-likeness (QED) is 0.641. The third kappa shape index (κ3) is 3.77. The van der Waals surface area contributed by atoms with Crippen molar-refractivity contribution in [3.8, 4) is 0 Å². The Kier molecular flexibility index (Phi) is 5.09. The maximum Gasteiger partial charge on any atom is 0.269 e. The first-order valence-electron chi connectivity index (χ1n) is 7.30. The predicted octanol–water partition coefficient (Wildman–Crippen LogP) is 2.59. The van der Waals surface area contributed by atoms with E-state index in [1.807, 2.05) is 12.1 Å². The molecule has 5 nitrogen and oxygen atoms in total. The van der Waals surface area contributed by atoms with Crippen molar-refractivity contribution in [3.63, 3.8) is 0 Å². The maximum atomic E-state index is 10.6. The Balaban J connectivity index is 1.82. The molecule has 110 valence electrons. The second kappa shape index (κ2) is 6.81. The number of nitrogens with zero attached hydrogens (tertiary/aromatic N) is 2. The molecule has 0 amide bonds. The molecule has 1 saturated heterocycles. The Labute approximate surface area is 120 Å². The zero-order chi connectivity index (χ0) is 14.5. The van der Waals surface area contributed by atoms with Gasteiger partial charge in [-0.05, 0) is 44.5 Å². The van der Waals surface area contributed by atoms with Crippen LogP contribution in [-0.4, -0.2) is 36.0 Å². The minimum Gasteiger partial charge on any atom is -0.310 e. The molecule has 1 aromatic rings. The van der Waals surface area contributed by atoms with Crippen LogP contribution in [0.2, 0.25) is 0 Å². The average molecular weight is 277 g/mol. The molecule has 2 rings (SSSR count). The molecule has 5 heteroatoms. The lowest BCUT2D eigenvalue weighted by molar-refractivity contribution is -0.384. The molecule has 1 aliphatic heterocycles. The second-order valence-corrected chi connectivity index (χ2v) is 5.53. The lowest BCUT2D eigenvalue weighted by Gasteiger charge is -2.18. The monoisotopic (exact) mass is 277 g/mol. The minimum atomic E-state index is -0.361. The van der Waals surface area contributed by atoms with Crippen molar-refractivity contribution in [1.82, 2.24) is 10.2 Å². The topological polar surface area (TPSA) is 58.4 Å². The molecule has 1 heterocycles. The van der Waals surface area contributed by atoms with Crippen LogP contribution in [0.25, 0.3) is 0 Å². The van der Waals surface area contributed by atoms with Crippen molar-refractivity contribution in [3.05, 3.63) is 39.9 Å². The fraction of sp³-hybridized carbons (Fsp3) is 0.600. The Morgan fingerprint density at radius 3 is 2.70 bits per heavy atom. The third-order valence-corrected chi connectivity index (χ3v) is 4.13. The van der Waals surface area contributed by atoms with Crippen LogP contribution in [0.1, 0.15) is 31.9 Å². The van der Waals surface area contributed by atoms with E-state index in [1.165, 1.54) is 19.5 Å². The second-order valence-electron chi connectivity index (χ2n) is 5.53. The van der Waals surface area contributed by atoms with E-state index in [1.54, 1.807) is 12.1 Å². The Bertz CT molecular complexity index is 447. The number of benzene rings is 1. The Morgan fingerprint density at radius 1 is 1.45 bits per heavy atom. The smallest absolute Gasteiger partial charge is 0.269 e. The van der Waals surface area contributed by atoms with E-state index in [2.05, 4.69) is 24.1 Å². The van der Waals surface area contributed by atoms with Crippen LogP contribution < -0.4 is 5.32 Å². The number of non-ortho nitro benzene ring substituents is 1. The zero-order valence-electron chi connectivity index (χ0n) is 12.2. The van der Waals surface area contributed by atoms with Crippen molar-refractivity contribution in [1.29, 1.82) is 0 Å². The van der Waals surface area contributed by atoms with Crippen LogP contribution in [0.3, 0.4) is 0 Å². The summed E-state index contributed by atoms with van der Waals surface area (Å²) in [5.74, 6) is 0.718. The minimum absolute atomic E-state index is 0.148. The molecule has 0 aromatic heterocycles. The van der Waals surface area contributed by atoms with Gasteiger partial charge in [0.15, 0.2) is 0 Å². The van der Waals surface area contributed by atoms with E-state index in [4.69, 9.17) is 0 Å². The van der Waals surface area contributed by atoms with Gasteiger partial charge >= 0.3 is 0 Å². The summed E-state index contributed by atoms with van der Waals surface area (Å²) in [5, 5.41) is 14.2. The Hall–Kier alpha value is -1.46. The normalized spacial score (nSPS) is 21.0. The van der Waals surface area contributed by atoms with E-state index in [-0.39, 0.29) is 16.7 Å². The van der Waals surface area contributed by atoms with Crippen molar-refractivity contribution >= 4 is 5.69 Å². The lowest BCUT2D eigenvalue weighted by atomic mass is 10.1. The molecule has 0 radical (unpaired) electrons. The van der Waals surface area contributed by atoms with Gasteiger partial charge in [-0.1, -0.05) is 19.1 Å². The average Bonchev–Trinajstić information content (AvgIpc) is 2.93. The highest BCUT2D eigenvalue weighted by Crippen LogP contribution is 2.19. The predicted molar refractivity (Wildman–Crippen MR) is 79.7 cm³/mol. The number of nitro benzene ring substituents is 1. The fourth-order valence-corrected chi connectivity index (χ4v) is 2.71. The molecule has 1 aromatic carbocycles. The molecule has 1 N–H and O–H groups in total. The summed E-state index contributed by atoms with van der Waals surface area (Å²) in [6.45, 7) is 8.83. The number of likely N-dealkylation sites (tertiary alicyclic amines) is 1. The van der Waals surface area contributed by atoms with Gasteiger partial charge in [-0.15, -0.1) is 0 Å². The highest BCUT2D eigenvalue weighted by molar-refractivity contribution is 5.34. The molecule has 1 aliphatic rings. The summed E-state index contributed by atoms with van der Waals surface area (Å²) in [5.41, 5.74) is 1.25. The standard InChI is InChI=1S/C15H23N3O2/c1-3-17-9-8-13(11-17)10-16-12(2)14-4-6-15(7-5-14)18(19)20/h4-7,12-13,16H,3,8-11H2,1-2H3. The zero-order valence-corrected chi connectivity index (χ0v) is 12.2. The lowest BCUT2D eigenvalue weighted by Crippen LogP contribution is -2.28. The first kappa shape index (κ1) is 14.9. The van der Waals surface area contributed by atoms with Crippen LogP contribution in [0.5, 0.6) is 0 Å². The highest BCUT2D eigenvalue weighted by atomic mass is 16.6. The van der Waals surface area contributed by atoms with Gasteiger partial charge in [0.2, 0.25) is 0 Å². The van der Waals surface area contributed by atoms with Gasteiger partial charge in [-0.25, -0.2) is 0 Å². The van der Waals surface area contributed by atoms with Crippen molar-refractivity contribution in [2.24, 2.45) is 5.92 Å². The first-order chi connectivity index (χ1) is 9.60. The van der Waals surface area contributed by atoms with Gasteiger partial charge in [-0.3, -0.25) is 10.1 Å². The van der Waals surface area contributed by atoms with E-state index in [9.17, 15) is 10.1 Å². The van der Waals surface area contributed by atoms with Gasteiger partial charge in [0, 0.05) is 24.7 Å². The molecule has 0 saturated carbocycles. The van der Waals surface area contributed by atoms with Crippen LogP contribution in [0, 0.1) is 16.0 Å². The fourth-order valence-electron chi connectivity index (χ4n) is 2.71. The van der Waals surface area contributed by atoms with Crippen molar-refractivity contribution in [2.45, 2.75) is 26.3 Å². The van der Waals surface area contributed by atoms with Gasteiger partial charge < -0.3 is 10.2 Å². The number of rotatable bonds is 6. The summed E-state index contributed by atoms with van der Waals surface area (Å²) < 4.78 is 0. The number of nitrogens with one attached hydrogen (secondary N) is 1. The molecular weight excluding hydrogens is 254 g/mol. The summed E-state index contributed by atoms with van der Waals surface area (Å²) in [6.07, 6.45) is 1.26.